The van der Waals surface area contributed by atoms with Crippen LogP contribution in [0.4, 0.5) is 0 Å². The Balaban J connectivity index is 1.88. The molecule has 0 N–H and O–H groups in total. The van der Waals surface area contributed by atoms with Crippen molar-refractivity contribution in [2.24, 2.45) is 40.9 Å². The maximum absolute atomic E-state index is 2.54. The summed E-state index contributed by atoms with van der Waals surface area (Å²) in [5.74, 6) is 6.32. The minimum Gasteiger partial charge on any atom is -0.0625 e. The summed E-state index contributed by atoms with van der Waals surface area (Å²) in [6, 6.07) is 0. The molecule has 0 saturated heterocycles. The van der Waals surface area contributed by atoms with Gasteiger partial charge < -0.3 is 0 Å². The summed E-state index contributed by atoms with van der Waals surface area (Å²) in [6.45, 7) is 9.96. The molecule has 3 aliphatic carbocycles. The lowest BCUT2D eigenvalue weighted by Gasteiger charge is -2.35. The summed E-state index contributed by atoms with van der Waals surface area (Å²) in [5, 5.41) is 0. The van der Waals surface area contributed by atoms with Crippen molar-refractivity contribution in [3.8, 4) is 0 Å². The normalized spacial score (nSPS) is 57.8. The zero-order chi connectivity index (χ0) is 10.8. The molecule has 6 atom stereocenters. The summed E-state index contributed by atoms with van der Waals surface area (Å²) >= 11 is 0. The Labute approximate surface area is 94.8 Å². The van der Waals surface area contributed by atoms with Gasteiger partial charge in [0.15, 0.2) is 0 Å². The van der Waals surface area contributed by atoms with Gasteiger partial charge in [0.2, 0.25) is 0 Å². The van der Waals surface area contributed by atoms with Crippen molar-refractivity contribution in [3.05, 3.63) is 0 Å². The van der Waals surface area contributed by atoms with Crippen LogP contribution < -0.4 is 0 Å². The Morgan fingerprint density at radius 3 is 2.40 bits per heavy atom. The number of hydrogen-bond acceptors (Lipinski definition) is 0. The van der Waals surface area contributed by atoms with Gasteiger partial charge >= 0.3 is 0 Å². The molecule has 0 aromatic carbocycles. The summed E-state index contributed by atoms with van der Waals surface area (Å²) in [7, 11) is 0. The highest BCUT2D eigenvalue weighted by Crippen LogP contribution is 2.79. The first-order chi connectivity index (χ1) is 7.09. The highest BCUT2D eigenvalue weighted by molar-refractivity contribution is 5.21. The van der Waals surface area contributed by atoms with E-state index in [1.54, 1.807) is 6.42 Å². The monoisotopic (exact) mass is 206 g/mol. The van der Waals surface area contributed by atoms with Gasteiger partial charge in [-0.3, -0.25) is 0 Å². The van der Waals surface area contributed by atoms with Crippen LogP contribution >= 0.6 is 0 Å². The largest absolute Gasteiger partial charge is 0.0625 e. The third-order valence-corrected chi connectivity index (χ3v) is 6.33. The van der Waals surface area contributed by atoms with Gasteiger partial charge in [-0.2, -0.15) is 0 Å². The first-order valence-corrected chi connectivity index (χ1v) is 7.09. The second-order valence-corrected chi connectivity index (χ2v) is 7.07. The van der Waals surface area contributed by atoms with Crippen molar-refractivity contribution >= 4 is 0 Å². The minimum absolute atomic E-state index is 0.840. The van der Waals surface area contributed by atoms with Crippen molar-refractivity contribution in [2.45, 2.75) is 53.4 Å². The van der Waals surface area contributed by atoms with Crippen LogP contribution in [0, 0.1) is 40.9 Å². The van der Waals surface area contributed by atoms with Crippen molar-refractivity contribution < 1.29 is 0 Å². The Bertz CT molecular complexity index is 267. The van der Waals surface area contributed by atoms with Gasteiger partial charge in [-0.15, -0.1) is 0 Å². The van der Waals surface area contributed by atoms with Gasteiger partial charge in [-0.25, -0.2) is 0 Å². The van der Waals surface area contributed by atoms with Crippen molar-refractivity contribution in [2.75, 3.05) is 0 Å². The lowest BCUT2D eigenvalue weighted by atomic mass is 9.70. The average Bonchev–Trinajstić information content (AvgIpc) is 2.75. The van der Waals surface area contributed by atoms with Crippen LogP contribution in [0.5, 0.6) is 0 Å². The topological polar surface area (TPSA) is 0 Å². The maximum atomic E-state index is 2.54. The van der Waals surface area contributed by atoms with Gasteiger partial charge in [0.1, 0.15) is 0 Å². The molecule has 3 fully saturated rings. The SMILES string of the molecule is CC(C)C1CCC(C)C23CCC(C)[C@@H]2C13. The van der Waals surface area contributed by atoms with E-state index in [2.05, 4.69) is 27.7 Å². The van der Waals surface area contributed by atoms with Crippen molar-refractivity contribution in [1.29, 1.82) is 0 Å². The second kappa shape index (κ2) is 3.02. The van der Waals surface area contributed by atoms with Gasteiger partial charge in [0, 0.05) is 0 Å². The fraction of sp³-hybridized carbons (Fsp3) is 1.00. The molecule has 0 nitrogen and oxygen atoms in total. The van der Waals surface area contributed by atoms with Gasteiger partial charge in [-0.1, -0.05) is 27.7 Å². The Kier molecular flexibility index (Phi) is 2.05. The molecule has 1 spiro atoms. The summed E-state index contributed by atoms with van der Waals surface area (Å²) in [4.78, 5) is 0. The fourth-order valence-corrected chi connectivity index (χ4v) is 5.60. The molecule has 0 heteroatoms. The molecule has 15 heavy (non-hydrogen) atoms. The molecule has 3 aliphatic rings. The molecule has 0 aromatic heterocycles. The van der Waals surface area contributed by atoms with Crippen LogP contribution in [-0.4, -0.2) is 0 Å². The zero-order valence-corrected chi connectivity index (χ0v) is 10.8. The molecular weight excluding hydrogens is 180 g/mol. The van der Waals surface area contributed by atoms with Crippen LogP contribution in [0.2, 0.25) is 0 Å². The molecular formula is C15H26. The molecule has 0 radical (unpaired) electrons. The van der Waals surface area contributed by atoms with Crippen LogP contribution in [0.15, 0.2) is 0 Å². The maximum Gasteiger partial charge on any atom is -0.0204 e. The average molecular weight is 206 g/mol. The third-order valence-electron chi connectivity index (χ3n) is 6.33. The zero-order valence-electron chi connectivity index (χ0n) is 10.8. The highest BCUT2D eigenvalue weighted by Gasteiger charge is 2.73. The van der Waals surface area contributed by atoms with Crippen LogP contribution in [0.25, 0.3) is 0 Å². The van der Waals surface area contributed by atoms with Crippen LogP contribution in [-0.2, 0) is 0 Å². The van der Waals surface area contributed by atoms with Gasteiger partial charge in [0.05, 0.1) is 0 Å². The van der Waals surface area contributed by atoms with Crippen molar-refractivity contribution in [1.82, 2.24) is 0 Å². The second-order valence-electron chi connectivity index (χ2n) is 7.07. The molecule has 0 aromatic rings. The Hall–Kier alpha value is 0. The van der Waals surface area contributed by atoms with Crippen LogP contribution in [0.1, 0.15) is 53.4 Å². The quantitative estimate of drug-likeness (QED) is 0.598. The summed E-state index contributed by atoms with van der Waals surface area (Å²) in [6.07, 6.45) is 6.13. The molecule has 0 bridgehead atoms. The van der Waals surface area contributed by atoms with Gasteiger partial charge in [0.25, 0.3) is 0 Å². The first kappa shape index (κ1) is 10.2. The molecule has 3 saturated carbocycles. The van der Waals surface area contributed by atoms with E-state index in [0.717, 1.165) is 40.9 Å². The van der Waals surface area contributed by atoms with E-state index in [1.807, 2.05) is 0 Å². The van der Waals surface area contributed by atoms with Gasteiger partial charge in [-0.05, 0) is 66.6 Å². The molecule has 5 unspecified atom stereocenters. The van der Waals surface area contributed by atoms with E-state index in [4.69, 9.17) is 0 Å². The van der Waals surface area contributed by atoms with E-state index in [0.29, 0.717) is 0 Å². The number of rotatable bonds is 1. The highest BCUT2D eigenvalue weighted by atomic mass is 14.8. The predicted molar refractivity (Wildman–Crippen MR) is 64.5 cm³/mol. The lowest BCUT2D eigenvalue weighted by molar-refractivity contribution is 0.139. The van der Waals surface area contributed by atoms with E-state index in [9.17, 15) is 0 Å². The van der Waals surface area contributed by atoms with E-state index >= 15 is 0 Å². The van der Waals surface area contributed by atoms with E-state index in [-0.39, 0.29) is 0 Å². The fourth-order valence-electron chi connectivity index (χ4n) is 5.60. The predicted octanol–water partition coefficient (Wildman–Crippen LogP) is 4.35. The van der Waals surface area contributed by atoms with Crippen LogP contribution in [0.3, 0.4) is 0 Å². The molecule has 0 aliphatic heterocycles. The number of hydrogen-bond donors (Lipinski definition) is 0. The Morgan fingerprint density at radius 2 is 1.73 bits per heavy atom. The lowest BCUT2D eigenvalue weighted by Crippen LogP contribution is -2.27. The van der Waals surface area contributed by atoms with E-state index in [1.165, 1.54) is 19.3 Å². The molecule has 0 heterocycles. The standard InChI is InChI=1S/C15H26/c1-9(2)12-6-5-11(4)15-8-7-10(3)13(15)14(12)15/h9-14H,5-8H2,1-4H3/t10?,11?,12?,13-,14?,15?/m1/s1. The number of fused-ring (bicyclic) bond motifs is 1. The Morgan fingerprint density at radius 1 is 1.00 bits per heavy atom. The van der Waals surface area contributed by atoms with E-state index < -0.39 is 0 Å². The summed E-state index contributed by atoms with van der Waals surface area (Å²) < 4.78 is 0. The van der Waals surface area contributed by atoms with Crippen molar-refractivity contribution in [3.63, 3.8) is 0 Å². The molecule has 0 amide bonds. The molecule has 3 rings (SSSR count). The first-order valence-electron chi connectivity index (χ1n) is 7.09. The summed E-state index contributed by atoms with van der Waals surface area (Å²) in [5.41, 5.74) is 0.840. The third kappa shape index (κ3) is 1.09. The molecule has 86 valence electrons. The smallest absolute Gasteiger partial charge is 0.0204 e. The minimum atomic E-state index is 0.840.